The average molecular weight is 459 g/mol. The number of rotatable bonds is 9. The van der Waals surface area contributed by atoms with E-state index >= 15 is 0 Å². The van der Waals surface area contributed by atoms with Gasteiger partial charge in [-0.25, -0.2) is 8.42 Å². The first-order chi connectivity index (χ1) is 14.9. The van der Waals surface area contributed by atoms with E-state index in [1.807, 2.05) is 30.3 Å². The highest BCUT2D eigenvalue weighted by Crippen LogP contribution is 2.21. The molecular weight excluding hydrogens is 436 g/mol. The van der Waals surface area contributed by atoms with Gasteiger partial charge in [-0.15, -0.1) is 0 Å². The molecule has 0 aliphatic rings. The third-order valence-corrected chi connectivity index (χ3v) is 6.15. The summed E-state index contributed by atoms with van der Waals surface area (Å²) in [5, 5.41) is 0.416. The molecule has 8 heteroatoms. The molecule has 3 aromatic carbocycles. The van der Waals surface area contributed by atoms with E-state index in [2.05, 4.69) is 4.72 Å². The fourth-order valence-corrected chi connectivity index (χ4v) is 4.29. The molecule has 0 radical (unpaired) electrons. The van der Waals surface area contributed by atoms with Crippen LogP contribution < -0.4 is 4.72 Å². The number of carbonyl (C=O) groups is 1. The molecule has 0 aliphatic carbocycles. The van der Waals surface area contributed by atoms with Crippen molar-refractivity contribution in [1.82, 2.24) is 4.90 Å². The second-order valence-corrected chi connectivity index (χ2v) is 8.97. The molecule has 0 saturated heterocycles. The van der Waals surface area contributed by atoms with E-state index in [0.29, 0.717) is 30.4 Å². The van der Waals surface area contributed by atoms with Gasteiger partial charge in [-0.2, -0.15) is 0 Å². The molecule has 0 spiro atoms. The molecule has 1 amide bonds. The van der Waals surface area contributed by atoms with Gasteiger partial charge in [0.25, 0.3) is 15.9 Å². The van der Waals surface area contributed by atoms with Gasteiger partial charge in [-0.3, -0.25) is 9.52 Å². The summed E-state index contributed by atoms with van der Waals surface area (Å²) in [5.74, 6) is -0.277. The Hall–Kier alpha value is -2.87. The van der Waals surface area contributed by atoms with E-state index in [1.165, 1.54) is 18.2 Å². The van der Waals surface area contributed by atoms with Crippen LogP contribution in [0.15, 0.2) is 83.8 Å². The quantitative estimate of drug-likeness (QED) is 0.514. The van der Waals surface area contributed by atoms with E-state index in [0.717, 1.165) is 5.56 Å². The highest BCUT2D eigenvalue weighted by molar-refractivity contribution is 7.92. The van der Waals surface area contributed by atoms with Crippen molar-refractivity contribution >= 4 is 33.2 Å². The van der Waals surface area contributed by atoms with Crippen molar-refractivity contribution in [2.45, 2.75) is 11.4 Å². The monoisotopic (exact) mass is 458 g/mol. The van der Waals surface area contributed by atoms with Crippen LogP contribution in [0.25, 0.3) is 0 Å². The second kappa shape index (κ2) is 10.4. The SMILES string of the molecule is COCCN(Cc1ccccc1)C(=O)c1cccc(S(=O)(=O)Nc2cccc(Cl)c2)c1. The van der Waals surface area contributed by atoms with Crippen molar-refractivity contribution in [2.75, 3.05) is 25.0 Å². The third-order valence-electron chi connectivity index (χ3n) is 4.54. The van der Waals surface area contributed by atoms with Gasteiger partial charge in [-0.1, -0.05) is 54.1 Å². The lowest BCUT2D eigenvalue weighted by atomic mass is 10.1. The minimum absolute atomic E-state index is 0.00951. The summed E-state index contributed by atoms with van der Waals surface area (Å²) in [4.78, 5) is 14.8. The Morgan fingerprint density at radius 1 is 1.00 bits per heavy atom. The summed E-state index contributed by atoms with van der Waals surface area (Å²) in [7, 11) is -2.32. The van der Waals surface area contributed by atoms with Gasteiger partial charge in [0.05, 0.1) is 17.2 Å². The van der Waals surface area contributed by atoms with Gasteiger partial charge < -0.3 is 9.64 Å². The molecular formula is C23H23ClN2O4S. The molecule has 0 aromatic heterocycles. The Morgan fingerprint density at radius 2 is 1.74 bits per heavy atom. The molecule has 0 saturated carbocycles. The molecule has 0 aliphatic heterocycles. The molecule has 0 bridgehead atoms. The summed E-state index contributed by atoms with van der Waals surface area (Å²) in [6, 6.07) is 22.0. The summed E-state index contributed by atoms with van der Waals surface area (Å²) in [6.07, 6.45) is 0. The number of nitrogens with zero attached hydrogens (tertiary/aromatic N) is 1. The largest absolute Gasteiger partial charge is 0.383 e. The molecule has 0 fully saturated rings. The Labute approximate surface area is 187 Å². The normalized spacial score (nSPS) is 11.2. The van der Waals surface area contributed by atoms with Crippen LogP contribution in [0.4, 0.5) is 5.69 Å². The lowest BCUT2D eigenvalue weighted by molar-refractivity contribution is 0.0680. The zero-order valence-corrected chi connectivity index (χ0v) is 18.6. The smallest absolute Gasteiger partial charge is 0.261 e. The minimum atomic E-state index is -3.89. The standard InChI is InChI=1S/C23H23ClN2O4S/c1-30-14-13-26(17-18-7-3-2-4-8-18)23(27)19-9-5-12-22(15-19)31(28,29)25-21-11-6-10-20(24)16-21/h2-12,15-16,25H,13-14,17H2,1H3. The van der Waals surface area contributed by atoms with Crippen molar-refractivity contribution in [3.8, 4) is 0 Å². The first kappa shape index (κ1) is 22.8. The number of halogens is 1. The maximum Gasteiger partial charge on any atom is 0.261 e. The summed E-state index contributed by atoms with van der Waals surface area (Å²) in [6.45, 7) is 1.13. The summed E-state index contributed by atoms with van der Waals surface area (Å²) >= 11 is 5.93. The summed E-state index contributed by atoms with van der Waals surface area (Å²) < 4.78 is 33.3. The number of carbonyl (C=O) groups excluding carboxylic acids is 1. The maximum atomic E-state index is 13.2. The molecule has 3 rings (SSSR count). The minimum Gasteiger partial charge on any atom is -0.383 e. The van der Waals surface area contributed by atoms with Crippen molar-refractivity contribution in [3.63, 3.8) is 0 Å². The first-order valence-electron chi connectivity index (χ1n) is 9.59. The fourth-order valence-electron chi connectivity index (χ4n) is 3.00. The number of sulfonamides is 1. The van der Waals surface area contributed by atoms with Crippen LogP contribution in [-0.4, -0.2) is 39.5 Å². The van der Waals surface area contributed by atoms with Gasteiger partial charge in [0.2, 0.25) is 0 Å². The maximum absolute atomic E-state index is 13.2. The molecule has 1 N–H and O–H groups in total. The molecule has 0 unspecified atom stereocenters. The number of hydrogen-bond donors (Lipinski definition) is 1. The van der Waals surface area contributed by atoms with Gasteiger partial charge in [0.15, 0.2) is 0 Å². The fraction of sp³-hybridized carbons (Fsp3) is 0.174. The van der Waals surface area contributed by atoms with Crippen LogP contribution >= 0.6 is 11.6 Å². The number of ether oxygens (including phenoxy) is 1. The third kappa shape index (κ3) is 6.30. The van der Waals surface area contributed by atoms with Gasteiger partial charge in [0.1, 0.15) is 0 Å². The highest BCUT2D eigenvalue weighted by Gasteiger charge is 2.20. The Kier molecular flexibility index (Phi) is 7.68. The topological polar surface area (TPSA) is 75.7 Å². The Bertz CT molecular complexity index is 1140. The van der Waals surface area contributed by atoms with E-state index in [-0.39, 0.29) is 16.4 Å². The molecule has 3 aromatic rings. The molecule has 0 atom stereocenters. The average Bonchev–Trinajstić information content (AvgIpc) is 2.76. The number of anilines is 1. The lowest BCUT2D eigenvalue weighted by Crippen LogP contribution is -2.33. The van der Waals surface area contributed by atoms with E-state index in [1.54, 1.807) is 42.3 Å². The van der Waals surface area contributed by atoms with Crippen molar-refractivity contribution in [1.29, 1.82) is 0 Å². The number of hydrogen-bond acceptors (Lipinski definition) is 4. The second-order valence-electron chi connectivity index (χ2n) is 6.85. The van der Waals surface area contributed by atoms with Crippen LogP contribution in [0.1, 0.15) is 15.9 Å². The zero-order chi connectivity index (χ0) is 22.3. The molecule has 31 heavy (non-hydrogen) atoms. The van der Waals surface area contributed by atoms with Crippen LogP contribution in [0.3, 0.4) is 0 Å². The van der Waals surface area contributed by atoms with Crippen molar-refractivity contribution < 1.29 is 17.9 Å². The van der Waals surface area contributed by atoms with Gasteiger partial charge >= 0.3 is 0 Å². The molecule has 6 nitrogen and oxygen atoms in total. The molecule has 162 valence electrons. The van der Waals surface area contributed by atoms with Gasteiger partial charge in [0, 0.05) is 30.8 Å². The zero-order valence-electron chi connectivity index (χ0n) is 17.0. The van der Waals surface area contributed by atoms with E-state index in [9.17, 15) is 13.2 Å². The lowest BCUT2D eigenvalue weighted by Gasteiger charge is -2.23. The Morgan fingerprint density at radius 3 is 2.45 bits per heavy atom. The molecule has 0 heterocycles. The predicted octanol–water partition coefficient (Wildman–Crippen LogP) is 4.43. The highest BCUT2D eigenvalue weighted by atomic mass is 35.5. The summed E-state index contributed by atoms with van der Waals surface area (Å²) in [5.41, 5.74) is 1.59. The Balaban J connectivity index is 1.84. The first-order valence-corrected chi connectivity index (χ1v) is 11.5. The van der Waals surface area contributed by atoms with Gasteiger partial charge in [-0.05, 0) is 42.0 Å². The number of nitrogens with one attached hydrogen (secondary N) is 1. The van der Waals surface area contributed by atoms with E-state index in [4.69, 9.17) is 16.3 Å². The van der Waals surface area contributed by atoms with E-state index < -0.39 is 10.0 Å². The van der Waals surface area contributed by atoms with Crippen LogP contribution in [0.2, 0.25) is 5.02 Å². The number of benzene rings is 3. The van der Waals surface area contributed by atoms with Crippen LogP contribution in [-0.2, 0) is 21.3 Å². The number of amides is 1. The van der Waals surface area contributed by atoms with Crippen molar-refractivity contribution in [3.05, 3.63) is 95.0 Å². The van der Waals surface area contributed by atoms with Crippen LogP contribution in [0.5, 0.6) is 0 Å². The van der Waals surface area contributed by atoms with Crippen LogP contribution in [0, 0.1) is 0 Å². The predicted molar refractivity (Wildman–Crippen MR) is 122 cm³/mol. The van der Waals surface area contributed by atoms with Crippen molar-refractivity contribution in [2.24, 2.45) is 0 Å². The number of methoxy groups -OCH3 is 1.